The molecule has 3 nitrogen and oxygen atoms in total. The quantitative estimate of drug-likeness (QED) is 0.624. The standard InChI is InChI=1S/C16H15NO2/c1-10-4-6-13-12-7-5-11(19-3)9-14(12)16(18)17(2)15(13)8-10/h4-9H,1-3H3. The summed E-state index contributed by atoms with van der Waals surface area (Å²) in [5.74, 6) is 0.705. The maximum Gasteiger partial charge on any atom is 0.258 e. The van der Waals surface area contributed by atoms with Gasteiger partial charge in [-0.3, -0.25) is 4.79 Å². The number of rotatable bonds is 1. The number of hydrogen-bond acceptors (Lipinski definition) is 2. The molecule has 2 aromatic carbocycles. The lowest BCUT2D eigenvalue weighted by Crippen LogP contribution is -2.17. The molecule has 0 saturated heterocycles. The van der Waals surface area contributed by atoms with Crippen LogP contribution in [0.1, 0.15) is 5.56 Å². The number of aryl methyl sites for hydroxylation is 2. The highest BCUT2D eigenvalue weighted by Gasteiger charge is 2.09. The molecule has 1 aromatic heterocycles. The topological polar surface area (TPSA) is 31.2 Å². The molecule has 0 aliphatic carbocycles. The van der Waals surface area contributed by atoms with Gasteiger partial charge in [-0.15, -0.1) is 0 Å². The smallest absolute Gasteiger partial charge is 0.258 e. The molecule has 0 spiro atoms. The van der Waals surface area contributed by atoms with Crippen molar-refractivity contribution in [3.8, 4) is 5.75 Å². The number of benzene rings is 2. The van der Waals surface area contributed by atoms with Crippen molar-refractivity contribution in [1.82, 2.24) is 4.57 Å². The van der Waals surface area contributed by atoms with Crippen LogP contribution in [0.4, 0.5) is 0 Å². The summed E-state index contributed by atoms with van der Waals surface area (Å²) in [5.41, 5.74) is 2.12. The van der Waals surface area contributed by atoms with Gasteiger partial charge in [-0.2, -0.15) is 0 Å². The van der Waals surface area contributed by atoms with Crippen molar-refractivity contribution in [3.05, 3.63) is 52.3 Å². The lowest BCUT2D eigenvalue weighted by atomic mass is 10.0. The van der Waals surface area contributed by atoms with Crippen LogP contribution >= 0.6 is 0 Å². The Hall–Kier alpha value is -2.29. The third-order valence-corrected chi connectivity index (χ3v) is 3.57. The fraction of sp³-hybridized carbons (Fsp3) is 0.188. The van der Waals surface area contributed by atoms with Crippen molar-refractivity contribution in [3.63, 3.8) is 0 Å². The van der Waals surface area contributed by atoms with Crippen LogP contribution in [0, 0.1) is 6.92 Å². The number of methoxy groups -OCH3 is 1. The van der Waals surface area contributed by atoms with Crippen LogP contribution in [0.15, 0.2) is 41.2 Å². The van der Waals surface area contributed by atoms with Crippen molar-refractivity contribution in [2.75, 3.05) is 7.11 Å². The van der Waals surface area contributed by atoms with Gasteiger partial charge in [-0.25, -0.2) is 0 Å². The third kappa shape index (κ3) is 1.70. The van der Waals surface area contributed by atoms with Gasteiger partial charge in [-0.05, 0) is 42.1 Å². The van der Waals surface area contributed by atoms with E-state index in [1.165, 1.54) is 0 Å². The molecule has 0 atom stereocenters. The zero-order valence-corrected chi connectivity index (χ0v) is 11.2. The van der Waals surface area contributed by atoms with E-state index in [-0.39, 0.29) is 5.56 Å². The normalized spacial score (nSPS) is 11.1. The predicted molar refractivity (Wildman–Crippen MR) is 78.0 cm³/mol. The summed E-state index contributed by atoms with van der Waals surface area (Å²) in [6, 6.07) is 11.8. The molecule has 0 N–H and O–H groups in total. The van der Waals surface area contributed by atoms with Crippen LogP contribution in [0.3, 0.4) is 0 Å². The van der Waals surface area contributed by atoms with Gasteiger partial charge < -0.3 is 9.30 Å². The molecular formula is C16H15NO2. The predicted octanol–water partition coefficient (Wildman–Crippen LogP) is 3.01. The van der Waals surface area contributed by atoms with Crippen LogP contribution in [-0.4, -0.2) is 11.7 Å². The fourth-order valence-corrected chi connectivity index (χ4v) is 2.50. The first-order valence-corrected chi connectivity index (χ1v) is 6.19. The van der Waals surface area contributed by atoms with Crippen LogP contribution in [0.5, 0.6) is 5.75 Å². The van der Waals surface area contributed by atoms with Gasteiger partial charge in [0, 0.05) is 12.4 Å². The molecule has 1 heterocycles. The van der Waals surface area contributed by atoms with Crippen molar-refractivity contribution < 1.29 is 4.74 Å². The zero-order valence-electron chi connectivity index (χ0n) is 11.2. The summed E-state index contributed by atoms with van der Waals surface area (Å²) in [5, 5.41) is 2.75. The summed E-state index contributed by atoms with van der Waals surface area (Å²) in [6.45, 7) is 2.03. The van der Waals surface area contributed by atoms with Crippen LogP contribution < -0.4 is 10.3 Å². The minimum absolute atomic E-state index is 0.00648. The number of ether oxygens (including phenoxy) is 1. The first kappa shape index (κ1) is 11.8. The van der Waals surface area contributed by atoms with Crippen molar-refractivity contribution in [2.45, 2.75) is 6.92 Å². The molecule has 0 aliphatic rings. The second kappa shape index (κ2) is 4.12. The molecule has 19 heavy (non-hydrogen) atoms. The average molecular weight is 253 g/mol. The maximum atomic E-state index is 12.4. The van der Waals surface area contributed by atoms with E-state index in [9.17, 15) is 4.79 Å². The average Bonchev–Trinajstić information content (AvgIpc) is 2.44. The Balaban J connectivity index is 2.58. The largest absolute Gasteiger partial charge is 0.497 e. The van der Waals surface area contributed by atoms with Crippen LogP contribution in [0.2, 0.25) is 0 Å². The lowest BCUT2D eigenvalue weighted by Gasteiger charge is -2.10. The molecule has 0 bridgehead atoms. The molecule has 0 amide bonds. The van der Waals surface area contributed by atoms with E-state index in [2.05, 4.69) is 12.1 Å². The first-order chi connectivity index (χ1) is 9.11. The first-order valence-electron chi connectivity index (χ1n) is 6.19. The highest BCUT2D eigenvalue weighted by atomic mass is 16.5. The minimum atomic E-state index is 0.00648. The molecule has 3 aromatic rings. The van der Waals surface area contributed by atoms with E-state index in [0.717, 1.165) is 21.9 Å². The van der Waals surface area contributed by atoms with Crippen LogP contribution in [-0.2, 0) is 7.05 Å². The molecule has 3 heteroatoms. The van der Waals surface area contributed by atoms with Crippen molar-refractivity contribution >= 4 is 21.7 Å². The highest BCUT2D eigenvalue weighted by molar-refractivity contribution is 6.06. The number of hydrogen-bond donors (Lipinski definition) is 0. The Morgan fingerprint density at radius 1 is 1.00 bits per heavy atom. The van der Waals surface area contributed by atoms with Gasteiger partial charge >= 0.3 is 0 Å². The van der Waals surface area contributed by atoms with Gasteiger partial charge in [0.2, 0.25) is 0 Å². The summed E-state index contributed by atoms with van der Waals surface area (Å²) in [7, 11) is 3.42. The van der Waals surface area contributed by atoms with E-state index in [4.69, 9.17) is 4.74 Å². The Bertz CT molecular complexity index is 847. The number of aromatic nitrogens is 1. The van der Waals surface area contributed by atoms with E-state index in [0.29, 0.717) is 11.1 Å². The molecule has 3 rings (SSSR count). The van der Waals surface area contributed by atoms with E-state index < -0.39 is 0 Å². The zero-order chi connectivity index (χ0) is 13.6. The van der Waals surface area contributed by atoms with Crippen molar-refractivity contribution in [2.24, 2.45) is 7.05 Å². The number of pyridine rings is 1. The van der Waals surface area contributed by atoms with Gasteiger partial charge in [0.25, 0.3) is 5.56 Å². The third-order valence-electron chi connectivity index (χ3n) is 3.57. The fourth-order valence-electron chi connectivity index (χ4n) is 2.50. The molecule has 0 unspecified atom stereocenters. The second-order valence-electron chi connectivity index (χ2n) is 4.80. The minimum Gasteiger partial charge on any atom is -0.497 e. The highest BCUT2D eigenvalue weighted by Crippen LogP contribution is 2.26. The Morgan fingerprint density at radius 2 is 1.74 bits per heavy atom. The molecule has 0 radical (unpaired) electrons. The van der Waals surface area contributed by atoms with E-state index in [1.807, 2.05) is 32.2 Å². The number of nitrogens with zero attached hydrogens (tertiary/aromatic N) is 1. The van der Waals surface area contributed by atoms with E-state index >= 15 is 0 Å². The lowest BCUT2D eigenvalue weighted by molar-refractivity contribution is 0.415. The summed E-state index contributed by atoms with van der Waals surface area (Å²) in [4.78, 5) is 12.4. The molecule has 0 saturated carbocycles. The molecule has 0 aliphatic heterocycles. The second-order valence-corrected chi connectivity index (χ2v) is 4.80. The van der Waals surface area contributed by atoms with Gasteiger partial charge in [0.15, 0.2) is 0 Å². The maximum absolute atomic E-state index is 12.4. The monoisotopic (exact) mass is 253 g/mol. The Morgan fingerprint density at radius 3 is 2.47 bits per heavy atom. The van der Waals surface area contributed by atoms with Crippen molar-refractivity contribution in [1.29, 1.82) is 0 Å². The van der Waals surface area contributed by atoms with Crippen LogP contribution in [0.25, 0.3) is 21.7 Å². The molecule has 0 fully saturated rings. The summed E-state index contributed by atoms with van der Waals surface area (Å²) < 4.78 is 6.90. The Kier molecular flexibility index (Phi) is 2.56. The summed E-state index contributed by atoms with van der Waals surface area (Å²) in [6.07, 6.45) is 0. The summed E-state index contributed by atoms with van der Waals surface area (Å²) >= 11 is 0. The Labute approximate surface area is 111 Å². The van der Waals surface area contributed by atoms with Gasteiger partial charge in [0.1, 0.15) is 5.75 Å². The molecule has 96 valence electrons. The van der Waals surface area contributed by atoms with Gasteiger partial charge in [-0.1, -0.05) is 12.1 Å². The van der Waals surface area contributed by atoms with E-state index in [1.54, 1.807) is 17.7 Å². The molecular weight excluding hydrogens is 238 g/mol. The SMILES string of the molecule is COc1ccc2c(c1)c(=O)n(C)c1cc(C)ccc21. The van der Waals surface area contributed by atoms with Gasteiger partial charge in [0.05, 0.1) is 18.0 Å². The number of fused-ring (bicyclic) bond motifs is 3.